The van der Waals surface area contributed by atoms with E-state index < -0.39 is 5.41 Å². The molecule has 7 aromatic rings. The van der Waals surface area contributed by atoms with Gasteiger partial charge >= 0.3 is 0 Å². The Hall–Kier alpha value is -5.21. The minimum atomic E-state index is -0.392. The lowest BCUT2D eigenvalue weighted by molar-refractivity contribution is 0.768. The maximum atomic E-state index is 7.76. The largest absolute Gasteiger partial charge is 0.354 e. The van der Waals surface area contributed by atoms with E-state index in [1.807, 2.05) is 0 Å². The Morgan fingerprint density at radius 3 is 2.00 bits per heavy atom. The van der Waals surface area contributed by atoms with Crippen molar-refractivity contribution < 1.29 is 0 Å². The van der Waals surface area contributed by atoms with Gasteiger partial charge in [-0.05, 0) is 68.4 Å². The normalized spacial score (nSPS) is 13.3. The van der Waals surface area contributed by atoms with Gasteiger partial charge in [0.25, 0.3) is 0 Å². The van der Waals surface area contributed by atoms with Gasteiger partial charge in [-0.3, -0.25) is 0 Å². The van der Waals surface area contributed by atoms with Crippen molar-refractivity contribution in [1.29, 1.82) is 5.41 Å². The molecule has 0 aliphatic heterocycles. The van der Waals surface area contributed by atoms with E-state index in [2.05, 4.69) is 145 Å². The lowest BCUT2D eigenvalue weighted by atomic mass is 9.67. The van der Waals surface area contributed by atoms with Crippen molar-refractivity contribution >= 4 is 28.0 Å². The number of aromatic amines is 1. The molecule has 0 fully saturated rings. The summed E-state index contributed by atoms with van der Waals surface area (Å²) in [5.41, 5.74) is 13.2. The third-order valence-electron chi connectivity index (χ3n) is 8.84. The van der Waals surface area contributed by atoms with Crippen molar-refractivity contribution in [2.45, 2.75) is 11.8 Å². The molecule has 0 spiro atoms. The maximum Gasteiger partial charge on any atom is 0.0713 e. The van der Waals surface area contributed by atoms with E-state index >= 15 is 0 Å². The number of rotatable bonds is 5. The molecule has 1 aliphatic carbocycles. The zero-order valence-corrected chi connectivity index (χ0v) is 22.6. The molecule has 0 saturated carbocycles. The Morgan fingerprint density at radius 1 is 0.585 bits per heavy atom. The molecule has 2 nitrogen and oxygen atoms in total. The smallest absolute Gasteiger partial charge is 0.0713 e. The first-order chi connectivity index (χ1) is 20.3. The zero-order valence-electron chi connectivity index (χ0n) is 22.6. The highest BCUT2D eigenvalue weighted by Gasteiger charge is 2.45. The molecule has 41 heavy (non-hydrogen) atoms. The molecule has 1 aliphatic rings. The Kier molecular flexibility index (Phi) is 5.30. The third-order valence-corrected chi connectivity index (χ3v) is 8.84. The summed E-state index contributed by atoms with van der Waals surface area (Å²) in [6, 6.07) is 50.8. The molecule has 1 heterocycles. The van der Waals surface area contributed by atoms with Crippen LogP contribution < -0.4 is 0 Å². The second-order valence-corrected chi connectivity index (χ2v) is 10.9. The number of fused-ring (bicyclic) bond motifs is 6. The highest BCUT2D eigenvalue weighted by molar-refractivity contribution is 6.15. The summed E-state index contributed by atoms with van der Waals surface area (Å²) in [6.07, 6.45) is 2.09. The number of benzene rings is 6. The summed E-state index contributed by atoms with van der Waals surface area (Å²) in [6.45, 7) is 0. The lowest BCUT2D eigenvalue weighted by Crippen LogP contribution is -2.28. The van der Waals surface area contributed by atoms with Crippen molar-refractivity contribution in [2.24, 2.45) is 0 Å². The first kappa shape index (κ1) is 23.7. The van der Waals surface area contributed by atoms with Gasteiger partial charge in [0.1, 0.15) is 0 Å². The maximum absolute atomic E-state index is 7.76. The molecule has 0 unspecified atom stereocenters. The van der Waals surface area contributed by atoms with E-state index in [1.54, 1.807) is 0 Å². The van der Waals surface area contributed by atoms with Gasteiger partial charge in [0.05, 0.1) is 10.9 Å². The van der Waals surface area contributed by atoms with Crippen LogP contribution >= 0.6 is 0 Å². The third kappa shape index (κ3) is 3.34. The topological polar surface area (TPSA) is 39.6 Å². The molecular formula is C39H28N2. The van der Waals surface area contributed by atoms with Crippen LogP contribution in [-0.4, -0.2) is 11.2 Å². The molecule has 0 saturated heterocycles. The molecule has 0 bridgehead atoms. The van der Waals surface area contributed by atoms with Crippen molar-refractivity contribution in [2.75, 3.05) is 0 Å². The number of aromatic nitrogens is 1. The minimum absolute atomic E-state index is 0.392. The van der Waals surface area contributed by atoms with E-state index in [0.29, 0.717) is 6.42 Å². The van der Waals surface area contributed by atoms with Crippen LogP contribution in [0, 0.1) is 5.41 Å². The molecule has 2 N–H and O–H groups in total. The van der Waals surface area contributed by atoms with E-state index in [9.17, 15) is 0 Å². The summed E-state index contributed by atoms with van der Waals surface area (Å²) in [7, 11) is 0. The molecule has 0 amide bonds. The molecule has 0 atom stereocenters. The number of H-pyrrole nitrogens is 1. The van der Waals surface area contributed by atoms with Gasteiger partial charge in [-0.15, -0.1) is 0 Å². The van der Waals surface area contributed by atoms with Crippen LogP contribution in [0.4, 0.5) is 0 Å². The van der Waals surface area contributed by atoms with E-state index in [-0.39, 0.29) is 0 Å². The minimum Gasteiger partial charge on any atom is -0.354 e. The molecule has 194 valence electrons. The van der Waals surface area contributed by atoms with Crippen LogP contribution in [0.15, 0.2) is 140 Å². The molecular weight excluding hydrogens is 496 g/mol. The van der Waals surface area contributed by atoms with Crippen LogP contribution in [-0.2, 0) is 11.8 Å². The monoisotopic (exact) mass is 524 g/mol. The van der Waals surface area contributed by atoms with Gasteiger partial charge in [0.2, 0.25) is 0 Å². The zero-order chi connectivity index (χ0) is 27.4. The average Bonchev–Trinajstić information content (AvgIpc) is 3.57. The highest BCUT2D eigenvalue weighted by Crippen LogP contribution is 2.56. The fourth-order valence-electron chi connectivity index (χ4n) is 7.15. The average molecular weight is 525 g/mol. The summed E-state index contributed by atoms with van der Waals surface area (Å²) in [5.74, 6) is 0. The Balaban J connectivity index is 1.44. The predicted molar refractivity (Wildman–Crippen MR) is 171 cm³/mol. The predicted octanol–water partition coefficient (Wildman–Crippen LogP) is 9.54. The van der Waals surface area contributed by atoms with Crippen LogP contribution in [0.3, 0.4) is 0 Å². The van der Waals surface area contributed by atoms with E-state index in [4.69, 9.17) is 5.41 Å². The standard InChI is InChI=1S/C39H28N2/c40-24-23-26-19-21-30(37-32-16-8-10-18-36(32)41-38(26)37)27-20-22-35-33(25-27)31-15-7-9-17-34(31)39(35,28-11-3-1-4-12-28)29-13-5-2-6-14-29/h1-22,24-25,40-41H,23H2. The summed E-state index contributed by atoms with van der Waals surface area (Å²) in [5, 5.41) is 10.2. The molecule has 2 heteroatoms. The Labute approximate surface area is 239 Å². The van der Waals surface area contributed by atoms with Gasteiger partial charge in [-0.2, -0.15) is 0 Å². The first-order valence-corrected chi connectivity index (χ1v) is 14.2. The second-order valence-electron chi connectivity index (χ2n) is 10.9. The summed E-state index contributed by atoms with van der Waals surface area (Å²) in [4.78, 5) is 3.66. The molecule has 8 rings (SSSR count). The Bertz CT molecular complexity index is 2040. The van der Waals surface area contributed by atoms with E-state index in [1.165, 1.54) is 61.5 Å². The van der Waals surface area contributed by atoms with Crippen LogP contribution in [0.1, 0.15) is 27.8 Å². The summed E-state index contributed by atoms with van der Waals surface area (Å²) < 4.78 is 0. The van der Waals surface area contributed by atoms with Crippen molar-refractivity contribution in [3.8, 4) is 22.3 Å². The fraction of sp³-hybridized carbons (Fsp3) is 0.0513. The number of hydrogen-bond acceptors (Lipinski definition) is 1. The van der Waals surface area contributed by atoms with Gasteiger partial charge in [0.15, 0.2) is 0 Å². The lowest BCUT2D eigenvalue weighted by Gasteiger charge is -2.33. The van der Waals surface area contributed by atoms with E-state index in [0.717, 1.165) is 16.6 Å². The molecule has 0 radical (unpaired) electrons. The SMILES string of the molecule is N=CCc1ccc(-c2ccc3c(c2)-c2ccccc2C3(c2ccccc2)c2ccccc2)c2c1[nH]c1ccccc12. The quantitative estimate of drug-likeness (QED) is 0.211. The van der Waals surface area contributed by atoms with Crippen molar-refractivity contribution in [3.05, 3.63) is 167 Å². The first-order valence-electron chi connectivity index (χ1n) is 14.2. The number of nitrogens with one attached hydrogen (secondary N) is 2. The van der Waals surface area contributed by atoms with Gasteiger partial charge in [-0.1, -0.05) is 127 Å². The van der Waals surface area contributed by atoms with Gasteiger partial charge < -0.3 is 10.4 Å². The number of para-hydroxylation sites is 1. The highest BCUT2D eigenvalue weighted by atomic mass is 14.7. The van der Waals surface area contributed by atoms with Crippen LogP contribution in [0.25, 0.3) is 44.1 Å². The molecule has 1 aromatic heterocycles. The van der Waals surface area contributed by atoms with Crippen LogP contribution in [0.5, 0.6) is 0 Å². The number of hydrogen-bond donors (Lipinski definition) is 2. The molecule has 6 aromatic carbocycles. The van der Waals surface area contributed by atoms with Crippen molar-refractivity contribution in [1.82, 2.24) is 4.98 Å². The van der Waals surface area contributed by atoms with Gasteiger partial charge in [0, 0.05) is 22.7 Å². The van der Waals surface area contributed by atoms with Crippen LogP contribution in [0.2, 0.25) is 0 Å². The van der Waals surface area contributed by atoms with Gasteiger partial charge in [-0.25, -0.2) is 0 Å². The second kappa shape index (κ2) is 9.18. The Morgan fingerprint density at radius 2 is 1.24 bits per heavy atom. The fourth-order valence-corrected chi connectivity index (χ4v) is 7.15. The summed E-state index contributed by atoms with van der Waals surface area (Å²) >= 11 is 0. The van der Waals surface area contributed by atoms with Crippen molar-refractivity contribution in [3.63, 3.8) is 0 Å².